The fourth-order valence-electron chi connectivity index (χ4n) is 3.63. The first kappa shape index (κ1) is 16.9. The van der Waals surface area contributed by atoms with Crippen molar-refractivity contribution in [1.29, 1.82) is 0 Å². The molecule has 2 fully saturated rings. The van der Waals surface area contributed by atoms with Crippen molar-refractivity contribution in [3.8, 4) is 0 Å². The molecule has 0 unspecified atom stereocenters. The number of hydrogen-bond donors (Lipinski definition) is 1. The van der Waals surface area contributed by atoms with Crippen molar-refractivity contribution < 1.29 is 16.8 Å². The topological polar surface area (TPSA) is 80.3 Å². The van der Waals surface area contributed by atoms with E-state index in [1.54, 1.807) is 18.2 Å². The zero-order valence-electron chi connectivity index (χ0n) is 13.0. The van der Waals surface area contributed by atoms with E-state index in [1.165, 1.54) is 18.6 Å². The first-order valence-corrected chi connectivity index (χ1v) is 11.5. The minimum Gasteiger partial charge on any atom is -0.309 e. The van der Waals surface area contributed by atoms with Gasteiger partial charge in [-0.25, -0.2) is 16.8 Å². The van der Waals surface area contributed by atoms with Crippen LogP contribution in [0.4, 0.5) is 0 Å². The molecule has 0 radical (unpaired) electrons. The lowest BCUT2D eigenvalue weighted by Gasteiger charge is -2.28. The molecule has 0 amide bonds. The molecule has 1 aromatic rings. The summed E-state index contributed by atoms with van der Waals surface area (Å²) in [5.41, 5.74) is 0. The molecule has 128 valence electrons. The molecule has 2 atom stereocenters. The molecule has 1 saturated carbocycles. The van der Waals surface area contributed by atoms with Gasteiger partial charge in [-0.15, -0.1) is 0 Å². The van der Waals surface area contributed by atoms with Crippen molar-refractivity contribution in [3.63, 3.8) is 0 Å². The molecule has 2 aliphatic rings. The van der Waals surface area contributed by atoms with Gasteiger partial charge in [0.2, 0.25) is 0 Å². The molecule has 3 rings (SSSR count). The van der Waals surface area contributed by atoms with Gasteiger partial charge in [0.25, 0.3) is 0 Å². The summed E-state index contributed by atoms with van der Waals surface area (Å²) >= 11 is 0. The van der Waals surface area contributed by atoms with Gasteiger partial charge in [0, 0.05) is 12.1 Å². The van der Waals surface area contributed by atoms with E-state index in [0.717, 1.165) is 25.7 Å². The molecule has 1 aliphatic heterocycles. The molecule has 0 spiro atoms. The van der Waals surface area contributed by atoms with E-state index in [9.17, 15) is 16.8 Å². The maximum Gasteiger partial charge on any atom is 0.183 e. The van der Waals surface area contributed by atoms with Crippen LogP contribution >= 0.6 is 0 Å². The maximum atomic E-state index is 12.9. The molecule has 1 aromatic carbocycles. The first-order chi connectivity index (χ1) is 10.9. The van der Waals surface area contributed by atoms with Crippen molar-refractivity contribution >= 4 is 19.7 Å². The van der Waals surface area contributed by atoms with Gasteiger partial charge in [-0.05, 0) is 25.0 Å². The summed E-state index contributed by atoms with van der Waals surface area (Å²) < 4.78 is 49.9. The molecule has 7 heteroatoms. The fraction of sp³-hybridized carbons (Fsp3) is 0.625. The van der Waals surface area contributed by atoms with Gasteiger partial charge in [0.1, 0.15) is 0 Å². The van der Waals surface area contributed by atoms with Crippen LogP contribution in [0, 0.1) is 0 Å². The zero-order valence-corrected chi connectivity index (χ0v) is 14.7. The van der Waals surface area contributed by atoms with Crippen LogP contribution in [-0.2, 0) is 19.7 Å². The molecule has 0 aromatic heterocycles. The maximum absolute atomic E-state index is 12.9. The van der Waals surface area contributed by atoms with Crippen LogP contribution in [0.3, 0.4) is 0 Å². The largest absolute Gasteiger partial charge is 0.309 e. The molecule has 0 bridgehead atoms. The number of nitrogens with one attached hydrogen (secondary N) is 1. The van der Waals surface area contributed by atoms with E-state index in [0.29, 0.717) is 0 Å². The summed E-state index contributed by atoms with van der Waals surface area (Å²) in [7, 11) is -6.98. The minimum atomic E-state index is -3.65. The summed E-state index contributed by atoms with van der Waals surface area (Å²) in [5.74, 6) is -0.366. The second-order valence-corrected chi connectivity index (χ2v) is 10.9. The minimum absolute atomic E-state index is 0.0831. The Hall–Kier alpha value is -0.920. The Bertz CT molecular complexity index is 738. The Morgan fingerprint density at radius 3 is 2.26 bits per heavy atom. The van der Waals surface area contributed by atoms with Crippen LogP contribution in [0.2, 0.25) is 0 Å². The van der Waals surface area contributed by atoms with Gasteiger partial charge < -0.3 is 5.32 Å². The van der Waals surface area contributed by atoms with Crippen LogP contribution in [-0.4, -0.2) is 45.7 Å². The smallest absolute Gasteiger partial charge is 0.183 e. The van der Waals surface area contributed by atoms with E-state index in [2.05, 4.69) is 5.32 Å². The fourth-order valence-corrected chi connectivity index (χ4v) is 8.33. The van der Waals surface area contributed by atoms with Crippen LogP contribution < -0.4 is 5.32 Å². The third kappa shape index (κ3) is 3.78. The average molecular weight is 357 g/mol. The first-order valence-electron chi connectivity index (χ1n) is 8.14. The van der Waals surface area contributed by atoms with Crippen LogP contribution in [0.15, 0.2) is 35.2 Å². The predicted octanol–water partition coefficient (Wildman–Crippen LogP) is 1.55. The average Bonchev–Trinajstić information content (AvgIpc) is 2.84. The number of hydrogen-bond acceptors (Lipinski definition) is 5. The monoisotopic (exact) mass is 357 g/mol. The summed E-state index contributed by atoms with van der Waals surface area (Å²) in [6, 6.07) is 7.89. The molecule has 1 saturated heterocycles. The summed E-state index contributed by atoms with van der Waals surface area (Å²) in [4.78, 5) is 0.206. The molecule has 1 N–H and O–H groups in total. The van der Waals surface area contributed by atoms with E-state index in [1.807, 2.05) is 0 Å². The number of sulfone groups is 2. The molecular weight excluding hydrogens is 334 g/mol. The Kier molecular flexibility index (Phi) is 4.80. The highest BCUT2D eigenvalue weighted by Gasteiger charge is 2.46. The second kappa shape index (κ2) is 6.53. The van der Waals surface area contributed by atoms with E-state index < -0.39 is 31.0 Å². The number of rotatable bonds is 4. The standard InChI is InChI=1S/C16H23NO4S2/c18-22(19)11-15(17-13-7-3-1-4-8-13)16(12-22)23(20,21)14-9-5-2-6-10-14/h2,5-6,9-10,13,15-17H,1,3-4,7-8,11-12H2/t15-,16-/m0/s1. The summed E-state index contributed by atoms with van der Waals surface area (Å²) in [6.45, 7) is 0. The predicted molar refractivity (Wildman–Crippen MR) is 89.9 cm³/mol. The Labute approximate surface area is 138 Å². The van der Waals surface area contributed by atoms with Crippen molar-refractivity contribution in [2.45, 2.75) is 54.3 Å². The molecule has 1 heterocycles. The Morgan fingerprint density at radius 1 is 0.957 bits per heavy atom. The molecule has 1 aliphatic carbocycles. The van der Waals surface area contributed by atoms with E-state index in [-0.39, 0.29) is 22.4 Å². The van der Waals surface area contributed by atoms with Gasteiger partial charge in [-0.3, -0.25) is 0 Å². The highest BCUT2D eigenvalue weighted by atomic mass is 32.2. The van der Waals surface area contributed by atoms with E-state index >= 15 is 0 Å². The van der Waals surface area contributed by atoms with Crippen LogP contribution in [0.1, 0.15) is 32.1 Å². The normalized spacial score (nSPS) is 28.7. The van der Waals surface area contributed by atoms with E-state index in [4.69, 9.17) is 0 Å². The van der Waals surface area contributed by atoms with Gasteiger partial charge in [0.15, 0.2) is 19.7 Å². The lowest BCUT2D eigenvalue weighted by molar-refractivity contribution is 0.345. The number of benzene rings is 1. The second-order valence-electron chi connectivity index (χ2n) is 6.58. The van der Waals surface area contributed by atoms with Crippen LogP contribution in [0.25, 0.3) is 0 Å². The molecule has 23 heavy (non-hydrogen) atoms. The lowest BCUT2D eigenvalue weighted by Crippen LogP contribution is -2.48. The van der Waals surface area contributed by atoms with Gasteiger partial charge in [0.05, 0.1) is 21.7 Å². The van der Waals surface area contributed by atoms with Crippen molar-refractivity contribution in [2.75, 3.05) is 11.5 Å². The lowest BCUT2D eigenvalue weighted by atomic mass is 9.95. The Balaban J connectivity index is 1.85. The van der Waals surface area contributed by atoms with Gasteiger partial charge >= 0.3 is 0 Å². The van der Waals surface area contributed by atoms with Crippen molar-refractivity contribution in [1.82, 2.24) is 5.32 Å². The van der Waals surface area contributed by atoms with Crippen LogP contribution in [0.5, 0.6) is 0 Å². The highest BCUT2D eigenvalue weighted by Crippen LogP contribution is 2.27. The molecular formula is C16H23NO4S2. The van der Waals surface area contributed by atoms with Crippen molar-refractivity contribution in [3.05, 3.63) is 30.3 Å². The molecule has 5 nitrogen and oxygen atoms in total. The Morgan fingerprint density at radius 2 is 1.61 bits per heavy atom. The quantitative estimate of drug-likeness (QED) is 0.884. The third-order valence-corrected chi connectivity index (χ3v) is 8.99. The van der Waals surface area contributed by atoms with Gasteiger partial charge in [-0.1, -0.05) is 37.5 Å². The van der Waals surface area contributed by atoms with Gasteiger partial charge in [-0.2, -0.15) is 0 Å². The summed E-state index contributed by atoms with van der Waals surface area (Å²) in [5, 5.41) is 2.45. The van der Waals surface area contributed by atoms with Crippen molar-refractivity contribution in [2.24, 2.45) is 0 Å². The highest BCUT2D eigenvalue weighted by molar-refractivity contribution is 7.96. The SMILES string of the molecule is O=S1(=O)C[C@H](NC2CCCCC2)[C@@H](S(=O)(=O)c2ccccc2)C1. The zero-order chi connectivity index (χ0) is 16.5. The summed E-state index contributed by atoms with van der Waals surface area (Å²) in [6.07, 6.45) is 5.43. The third-order valence-electron chi connectivity index (χ3n) is 4.83.